The van der Waals surface area contributed by atoms with Crippen LogP contribution in [0.2, 0.25) is 0 Å². The third-order valence-electron chi connectivity index (χ3n) is 2.80. The molecule has 2 rings (SSSR count). The molecule has 1 fully saturated rings. The molecular weight excluding hydrogens is 217 g/mol. The summed E-state index contributed by atoms with van der Waals surface area (Å²) in [6.45, 7) is 1.82. The molecule has 0 aliphatic heterocycles. The van der Waals surface area contributed by atoms with Gasteiger partial charge in [-0.1, -0.05) is 13.0 Å². The largest absolute Gasteiger partial charge is 0.490 e. The first-order valence-corrected chi connectivity index (χ1v) is 5.32. The lowest BCUT2D eigenvalue weighted by Crippen LogP contribution is -2.06. The third kappa shape index (κ3) is 2.31. The van der Waals surface area contributed by atoms with Crippen molar-refractivity contribution in [2.75, 3.05) is 6.61 Å². The molecule has 16 heavy (non-hydrogen) atoms. The molecule has 1 aliphatic rings. The number of alkyl halides is 2. The Hall–Kier alpha value is -1.19. The van der Waals surface area contributed by atoms with Gasteiger partial charge in [-0.25, -0.2) is 13.2 Å². The highest BCUT2D eigenvalue weighted by Crippen LogP contribution is 2.48. The van der Waals surface area contributed by atoms with E-state index < -0.39 is 17.7 Å². The topological polar surface area (TPSA) is 9.23 Å². The van der Waals surface area contributed by atoms with Crippen LogP contribution in [-0.4, -0.2) is 12.5 Å². The van der Waals surface area contributed by atoms with Crippen LogP contribution < -0.4 is 4.74 Å². The van der Waals surface area contributed by atoms with Gasteiger partial charge in [0.2, 0.25) is 0 Å². The number of aryl methyl sites for hydroxylation is 1. The van der Waals surface area contributed by atoms with Crippen molar-refractivity contribution in [2.45, 2.75) is 25.7 Å². The van der Waals surface area contributed by atoms with Crippen LogP contribution >= 0.6 is 0 Å². The summed E-state index contributed by atoms with van der Waals surface area (Å²) in [5, 5.41) is 0. The molecule has 0 amide bonds. The molecular formula is C12H13F3O. The zero-order chi connectivity index (χ0) is 11.8. The lowest BCUT2D eigenvalue weighted by atomic mass is 10.1. The number of halogens is 3. The smallest absolute Gasteiger partial charge is 0.255 e. The quantitative estimate of drug-likeness (QED) is 0.770. The van der Waals surface area contributed by atoms with Crippen LogP contribution in [-0.2, 0) is 6.42 Å². The molecule has 1 unspecified atom stereocenters. The molecule has 88 valence electrons. The Kier molecular flexibility index (Phi) is 2.82. The average Bonchev–Trinajstić information content (AvgIpc) is 2.85. The van der Waals surface area contributed by atoms with Gasteiger partial charge in [-0.05, 0) is 24.1 Å². The van der Waals surface area contributed by atoms with Crippen LogP contribution in [0.5, 0.6) is 5.75 Å². The van der Waals surface area contributed by atoms with Crippen LogP contribution in [0.1, 0.15) is 18.9 Å². The van der Waals surface area contributed by atoms with E-state index in [1.807, 2.05) is 6.92 Å². The van der Waals surface area contributed by atoms with Gasteiger partial charge < -0.3 is 4.74 Å². The van der Waals surface area contributed by atoms with Gasteiger partial charge in [-0.2, -0.15) is 0 Å². The molecule has 1 saturated carbocycles. The summed E-state index contributed by atoms with van der Waals surface area (Å²) in [4.78, 5) is 0. The predicted octanol–water partition coefficient (Wildman–Crippen LogP) is 3.42. The number of hydrogen-bond acceptors (Lipinski definition) is 1. The molecule has 0 radical (unpaired) electrons. The molecule has 0 saturated heterocycles. The molecule has 0 N–H and O–H groups in total. The summed E-state index contributed by atoms with van der Waals surface area (Å²) < 4.78 is 43.5. The van der Waals surface area contributed by atoms with Gasteiger partial charge >= 0.3 is 0 Å². The minimum atomic E-state index is -2.61. The van der Waals surface area contributed by atoms with E-state index in [0.717, 1.165) is 12.0 Å². The fourth-order valence-corrected chi connectivity index (χ4v) is 1.52. The normalized spacial score (nSPS) is 21.9. The van der Waals surface area contributed by atoms with E-state index in [4.69, 9.17) is 4.74 Å². The maximum atomic E-state index is 13.3. The van der Waals surface area contributed by atoms with Crippen LogP contribution in [0.15, 0.2) is 18.2 Å². The summed E-state index contributed by atoms with van der Waals surface area (Å²) in [7, 11) is 0. The average molecular weight is 230 g/mol. The molecule has 0 heterocycles. The number of rotatable bonds is 4. The number of ether oxygens (including phenoxy) is 1. The Morgan fingerprint density at radius 1 is 1.44 bits per heavy atom. The summed E-state index contributed by atoms with van der Waals surface area (Å²) >= 11 is 0. The Morgan fingerprint density at radius 2 is 2.12 bits per heavy atom. The van der Waals surface area contributed by atoms with E-state index in [0.29, 0.717) is 0 Å². The van der Waals surface area contributed by atoms with E-state index in [-0.39, 0.29) is 18.8 Å². The van der Waals surface area contributed by atoms with Crippen LogP contribution in [0, 0.1) is 11.7 Å². The SMILES string of the molecule is CCc1ccc(F)c(OCC2CC2(F)F)c1. The molecule has 0 aromatic heterocycles. The van der Waals surface area contributed by atoms with Crippen molar-refractivity contribution in [3.8, 4) is 5.75 Å². The molecule has 4 heteroatoms. The molecule has 1 nitrogen and oxygen atoms in total. The molecule has 1 atom stereocenters. The minimum absolute atomic E-state index is 0.0713. The lowest BCUT2D eigenvalue weighted by molar-refractivity contribution is 0.0850. The molecule has 1 aromatic carbocycles. The first-order chi connectivity index (χ1) is 7.53. The number of benzene rings is 1. The molecule has 1 aliphatic carbocycles. The van der Waals surface area contributed by atoms with Gasteiger partial charge in [-0.15, -0.1) is 0 Å². The molecule has 0 spiro atoms. The second kappa shape index (κ2) is 4.00. The van der Waals surface area contributed by atoms with Gasteiger partial charge in [0.05, 0.1) is 12.5 Å². The highest BCUT2D eigenvalue weighted by Gasteiger charge is 2.57. The highest BCUT2D eigenvalue weighted by atomic mass is 19.3. The Balaban J connectivity index is 1.98. The maximum absolute atomic E-state index is 13.3. The van der Waals surface area contributed by atoms with E-state index in [1.165, 1.54) is 6.07 Å². The summed E-state index contributed by atoms with van der Waals surface area (Å²) in [5.74, 6) is -3.79. The number of hydrogen-bond donors (Lipinski definition) is 0. The molecule has 0 bridgehead atoms. The first kappa shape index (κ1) is 11.3. The van der Waals surface area contributed by atoms with Gasteiger partial charge in [0.15, 0.2) is 11.6 Å². The van der Waals surface area contributed by atoms with E-state index in [1.54, 1.807) is 12.1 Å². The fourth-order valence-electron chi connectivity index (χ4n) is 1.52. The minimum Gasteiger partial charge on any atom is -0.490 e. The summed E-state index contributed by atoms with van der Waals surface area (Å²) in [5.41, 5.74) is 0.930. The zero-order valence-corrected chi connectivity index (χ0v) is 8.97. The van der Waals surface area contributed by atoms with Crippen LogP contribution in [0.4, 0.5) is 13.2 Å². The maximum Gasteiger partial charge on any atom is 0.255 e. The van der Waals surface area contributed by atoms with E-state index in [9.17, 15) is 13.2 Å². The fraction of sp³-hybridized carbons (Fsp3) is 0.500. The molecule has 1 aromatic rings. The van der Waals surface area contributed by atoms with Crippen LogP contribution in [0.25, 0.3) is 0 Å². The van der Waals surface area contributed by atoms with Crippen molar-refractivity contribution in [1.82, 2.24) is 0 Å². The Morgan fingerprint density at radius 3 is 2.69 bits per heavy atom. The van der Waals surface area contributed by atoms with Crippen molar-refractivity contribution in [2.24, 2.45) is 5.92 Å². The lowest BCUT2D eigenvalue weighted by Gasteiger charge is -2.08. The van der Waals surface area contributed by atoms with Crippen molar-refractivity contribution in [1.29, 1.82) is 0 Å². The van der Waals surface area contributed by atoms with Gasteiger partial charge in [0.1, 0.15) is 0 Å². The van der Waals surface area contributed by atoms with Crippen molar-refractivity contribution in [3.63, 3.8) is 0 Å². The van der Waals surface area contributed by atoms with Crippen LogP contribution in [0.3, 0.4) is 0 Å². The summed E-state index contributed by atoms with van der Waals surface area (Å²) in [6, 6.07) is 4.53. The monoisotopic (exact) mass is 230 g/mol. The van der Waals surface area contributed by atoms with Gasteiger partial charge in [0.25, 0.3) is 5.92 Å². The van der Waals surface area contributed by atoms with E-state index in [2.05, 4.69) is 0 Å². The Labute approximate surface area is 92.2 Å². The van der Waals surface area contributed by atoms with Gasteiger partial charge in [-0.3, -0.25) is 0 Å². The summed E-state index contributed by atoms with van der Waals surface area (Å²) in [6.07, 6.45) is 0.609. The van der Waals surface area contributed by atoms with Crippen molar-refractivity contribution in [3.05, 3.63) is 29.6 Å². The van der Waals surface area contributed by atoms with E-state index >= 15 is 0 Å². The highest BCUT2D eigenvalue weighted by molar-refractivity contribution is 5.30. The third-order valence-corrected chi connectivity index (χ3v) is 2.80. The second-order valence-electron chi connectivity index (χ2n) is 4.09. The first-order valence-electron chi connectivity index (χ1n) is 5.32. The van der Waals surface area contributed by atoms with Crippen molar-refractivity contribution >= 4 is 0 Å². The van der Waals surface area contributed by atoms with Gasteiger partial charge in [0, 0.05) is 6.42 Å². The zero-order valence-electron chi connectivity index (χ0n) is 8.97. The predicted molar refractivity (Wildman–Crippen MR) is 54.3 cm³/mol. The second-order valence-corrected chi connectivity index (χ2v) is 4.09. The Bertz CT molecular complexity index is 390. The van der Waals surface area contributed by atoms with Crippen molar-refractivity contribution < 1.29 is 17.9 Å². The standard InChI is InChI=1S/C12H13F3O/c1-2-8-3-4-10(13)11(5-8)16-7-9-6-12(9,14)15/h3-5,9H,2,6-7H2,1H3.